The summed E-state index contributed by atoms with van der Waals surface area (Å²) in [6.07, 6.45) is 3.33. The molecule has 6 nitrogen and oxygen atoms in total. The van der Waals surface area contributed by atoms with E-state index in [4.69, 9.17) is 9.47 Å². The van der Waals surface area contributed by atoms with Gasteiger partial charge in [-0.05, 0) is 18.2 Å². The summed E-state index contributed by atoms with van der Waals surface area (Å²) in [5.41, 5.74) is 2.76. The van der Waals surface area contributed by atoms with Gasteiger partial charge in [0, 0.05) is 34.3 Å². The summed E-state index contributed by atoms with van der Waals surface area (Å²) in [4.78, 5) is 13.1. The van der Waals surface area contributed by atoms with Gasteiger partial charge < -0.3 is 14.8 Å². The highest BCUT2D eigenvalue weighted by Gasteiger charge is 2.11. The Balaban J connectivity index is 1.75. The number of nitrogens with one attached hydrogen (secondary N) is 1. The summed E-state index contributed by atoms with van der Waals surface area (Å²) < 4.78 is 10.8. The number of ether oxygens (including phenoxy) is 2. The van der Waals surface area contributed by atoms with Crippen molar-refractivity contribution in [1.82, 2.24) is 15.0 Å². The van der Waals surface area contributed by atoms with E-state index in [0.717, 1.165) is 27.2 Å². The molecule has 2 heterocycles. The highest BCUT2D eigenvalue weighted by atomic mass is 32.1. The van der Waals surface area contributed by atoms with E-state index in [1.54, 1.807) is 31.8 Å². The first-order valence-electron chi connectivity index (χ1n) is 7.92. The molecule has 26 heavy (non-hydrogen) atoms. The average Bonchev–Trinajstić information content (AvgIpc) is 3.22. The summed E-state index contributed by atoms with van der Waals surface area (Å²) in [7, 11) is 3.21. The molecule has 0 radical (unpaired) electrons. The second-order valence-corrected chi connectivity index (χ2v) is 6.38. The summed E-state index contributed by atoms with van der Waals surface area (Å²) in [5.74, 6) is 1.97. The number of methoxy groups -OCH3 is 2. The van der Waals surface area contributed by atoms with Crippen molar-refractivity contribution in [3.8, 4) is 22.1 Å². The van der Waals surface area contributed by atoms with Crippen LogP contribution in [-0.4, -0.2) is 29.2 Å². The molecule has 2 aromatic carbocycles. The highest BCUT2D eigenvalue weighted by Crippen LogP contribution is 2.34. The minimum atomic E-state index is 0.634. The van der Waals surface area contributed by atoms with Gasteiger partial charge in [0.2, 0.25) is 0 Å². The van der Waals surface area contributed by atoms with Crippen LogP contribution in [0.5, 0.6) is 11.5 Å². The maximum Gasteiger partial charge on any atom is 0.162 e. The van der Waals surface area contributed by atoms with Gasteiger partial charge >= 0.3 is 0 Å². The van der Waals surface area contributed by atoms with Crippen molar-refractivity contribution < 1.29 is 9.47 Å². The number of benzene rings is 2. The van der Waals surface area contributed by atoms with E-state index in [0.29, 0.717) is 17.3 Å². The van der Waals surface area contributed by atoms with E-state index in [1.807, 2.05) is 41.8 Å². The number of nitrogens with zero attached hydrogens (tertiary/aromatic N) is 3. The van der Waals surface area contributed by atoms with E-state index in [1.165, 1.54) is 6.33 Å². The SMILES string of the molecule is COc1cc2ncnc(Nc3cccc(-c4nccs4)c3)c2cc1OC. The van der Waals surface area contributed by atoms with Crippen molar-refractivity contribution in [2.24, 2.45) is 0 Å². The van der Waals surface area contributed by atoms with Crippen molar-refractivity contribution in [2.75, 3.05) is 19.5 Å². The van der Waals surface area contributed by atoms with Gasteiger partial charge in [-0.1, -0.05) is 12.1 Å². The minimum Gasteiger partial charge on any atom is -0.493 e. The zero-order valence-electron chi connectivity index (χ0n) is 14.3. The Labute approximate surface area is 154 Å². The molecule has 130 valence electrons. The lowest BCUT2D eigenvalue weighted by molar-refractivity contribution is 0.356. The lowest BCUT2D eigenvalue weighted by Gasteiger charge is -2.12. The molecule has 0 aliphatic heterocycles. The smallest absolute Gasteiger partial charge is 0.162 e. The highest BCUT2D eigenvalue weighted by molar-refractivity contribution is 7.13. The maximum atomic E-state index is 5.40. The monoisotopic (exact) mass is 364 g/mol. The molecule has 0 aliphatic carbocycles. The maximum absolute atomic E-state index is 5.40. The number of hydrogen-bond donors (Lipinski definition) is 1. The van der Waals surface area contributed by atoms with Crippen molar-refractivity contribution in [2.45, 2.75) is 0 Å². The molecule has 0 fully saturated rings. The third-order valence-corrected chi connectivity index (χ3v) is 4.77. The quantitative estimate of drug-likeness (QED) is 0.562. The van der Waals surface area contributed by atoms with Crippen LogP contribution >= 0.6 is 11.3 Å². The van der Waals surface area contributed by atoms with Crippen molar-refractivity contribution in [3.05, 3.63) is 54.3 Å². The van der Waals surface area contributed by atoms with Gasteiger partial charge in [0.1, 0.15) is 17.2 Å². The number of rotatable bonds is 5. The summed E-state index contributed by atoms with van der Waals surface area (Å²) in [6, 6.07) is 11.8. The predicted molar refractivity (Wildman–Crippen MR) is 103 cm³/mol. The number of aromatic nitrogens is 3. The fourth-order valence-electron chi connectivity index (χ4n) is 2.72. The van der Waals surface area contributed by atoms with Crippen molar-refractivity contribution in [3.63, 3.8) is 0 Å². The van der Waals surface area contributed by atoms with Crippen LogP contribution in [0.15, 0.2) is 54.3 Å². The Kier molecular flexibility index (Phi) is 4.37. The second-order valence-electron chi connectivity index (χ2n) is 5.49. The largest absolute Gasteiger partial charge is 0.493 e. The summed E-state index contributed by atoms with van der Waals surface area (Å²) in [6.45, 7) is 0. The number of hydrogen-bond acceptors (Lipinski definition) is 7. The lowest BCUT2D eigenvalue weighted by Crippen LogP contribution is -1.98. The van der Waals surface area contributed by atoms with Crippen LogP contribution in [-0.2, 0) is 0 Å². The first-order chi connectivity index (χ1) is 12.8. The summed E-state index contributed by atoms with van der Waals surface area (Å²) >= 11 is 1.61. The van der Waals surface area contributed by atoms with Crippen LogP contribution in [0.2, 0.25) is 0 Å². The predicted octanol–water partition coefficient (Wildman–Crippen LogP) is 4.51. The molecule has 0 atom stereocenters. The Bertz CT molecular complexity index is 1050. The van der Waals surface area contributed by atoms with Crippen LogP contribution in [0.4, 0.5) is 11.5 Å². The molecular weight excluding hydrogens is 348 g/mol. The van der Waals surface area contributed by atoms with E-state index in [-0.39, 0.29) is 0 Å². The third-order valence-electron chi connectivity index (χ3n) is 3.95. The molecule has 0 spiro atoms. The Morgan fingerprint density at radius 3 is 2.58 bits per heavy atom. The molecule has 2 aromatic heterocycles. The first-order valence-corrected chi connectivity index (χ1v) is 8.80. The van der Waals surface area contributed by atoms with Gasteiger partial charge in [0.25, 0.3) is 0 Å². The molecule has 1 N–H and O–H groups in total. The number of thiazole rings is 1. The van der Waals surface area contributed by atoms with Crippen LogP contribution < -0.4 is 14.8 Å². The van der Waals surface area contributed by atoms with E-state index < -0.39 is 0 Å². The average molecular weight is 364 g/mol. The Morgan fingerprint density at radius 1 is 0.962 bits per heavy atom. The fraction of sp³-hybridized carbons (Fsp3) is 0.105. The van der Waals surface area contributed by atoms with Crippen molar-refractivity contribution in [1.29, 1.82) is 0 Å². The lowest BCUT2D eigenvalue weighted by atomic mass is 10.2. The summed E-state index contributed by atoms with van der Waals surface area (Å²) in [5, 5.41) is 7.16. The third kappa shape index (κ3) is 3.04. The zero-order valence-corrected chi connectivity index (χ0v) is 15.1. The second kappa shape index (κ2) is 6.97. The van der Waals surface area contributed by atoms with Gasteiger partial charge in [0.15, 0.2) is 11.5 Å². The zero-order chi connectivity index (χ0) is 17.9. The van der Waals surface area contributed by atoms with Gasteiger partial charge in [-0.2, -0.15) is 0 Å². The molecule has 4 aromatic rings. The molecule has 0 unspecified atom stereocenters. The van der Waals surface area contributed by atoms with Crippen molar-refractivity contribution >= 4 is 33.7 Å². The Hall–Kier alpha value is -3.19. The molecular formula is C19H16N4O2S. The van der Waals surface area contributed by atoms with Crippen LogP contribution in [0.25, 0.3) is 21.5 Å². The number of anilines is 2. The molecule has 4 rings (SSSR count). The topological polar surface area (TPSA) is 69.2 Å². The Morgan fingerprint density at radius 2 is 1.81 bits per heavy atom. The van der Waals surface area contributed by atoms with Gasteiger partial charge in [-0.3, -0.25) is 0 Å². The molecule has 7 heteroatoms. The van der Waals surface area contributed by atoms with Crippen LogP contribution in [0.1, 0.15) is 0 Å². The molecule has 0 saturated heterocycles. The van der Waals surface area contributed by atoms with Gasteiger partial charge in [-0.15, -0.1) is 11.3 Å². The standard InChI is InChI=1S/C19H16N4O2S/c1-24-16-9-14-15(10-17(16)25-2)21-11-22-18(14)23-13-5-3-4-12(8-13)19-20-6-7-26-19/h3-11H,1-2H3,(H,21,22,23). The number of fused-ring (bicyclic) bond motifs is 1. The van der Waals surface area contributed by atoms with E-state index in [2.05, 4.69) is 20.3 Å². The van der Waals surface area contributed by atoms with E-state index in [9.17, 15) is 0 Å². The normalized spacial score (nSPS) is 10.7. The molecule has 0 aliphatic rings. The van der Waals surface area contributed by atoms with Crippen LogP contribution in [0, 0.1) is 0 Å². The first kappa shape index (κ1) is 16.3. The van der Waals surface area contributed by atoms with E-state index >= 15 is 0 Å². The van der Waals surface area contributed by atoms with Gasteiger partial charge in [-0.25, -0.2) is 15.0 Å². The molecule has 0 saturated carbocycles. The minimum absolute atomic E-state index is 0.634. The molecule has 0 amide bonds. The fourth-order valence-corrected chi connectivity index (χ4v) is 3.35. The van der Waals surface area contributed by atoms with Gasteiger partial charge in [0.05, 0.1) is 19.7 Å². The molecule has 0 bridgehead atoms. The van der Waals surface area contributed by atoms with Crippen LogP contribution in [0.3, 0.4) is 0 Å².